The third kappa shape index (κ3) is 3.31. The van der Waals surface area contributed by atoms with Crippen molar-refractivity contribution in [3.63, 3.8) is 0 Å². The largest absolute Gasteiger partial charge is 0.249 e. The molecule has 1 aromatic heterocycles. The molecule has 0 radical (unpaired) electrons. The third-order valence-electron chi connectivity index (χ3n) is 2.19. The van der Waals surface area contributed by atoms with Crippen molar-refractivity contribution in [3.8, 4) is 6.07 Å². The number of halogens is 2. The molecule has 0 fully saturated rings. The summed E-state index contributed by atoms with van der Waals surface area (Å²) in [7, 11) is 0. The number of rotatable bonds is 3. The molecule has 0 N–H and O–H groups in total. The standard InChI is InChI=1S/C13H8BrFN2S/c14-12-2-1-3-17-13(12)18-8-10-4-9(7-16)5-11(15)6-10/h1-6H,8H2. The first-order valence-corrected chi connectivity index (χ1v) is 6.90. The normalized spacial score (nSPS) is 10.1. The van der Waals surface area contributed by atoms with Crippen molar-refractivity contribution < 1.29 is 4.39 Å². The topological polar surface area (TPSA) is 36.7 Å². The van der Waals surface area contributed by atoms with Crippen LogP contribution in [-0.4, -0.2) is 4.98 Å². The van der Waals surface area contributed by atoms with Gasteiger partial charge in [0.1, 0.15) is 10.8 Å². The fourth-order valence-electron chi connectivity index (χ4n) is 1.43. The molecule has 2 nitrogen and oxygen atoms in total. The average Bonchev–Trinajstić information content (AvgIpc) is 2.37. The molecule has 90 valence electrons. The van der Waals surface area contributed by atoms with E-state index in [0.29, 0.717) is 11.3 Å². The first-order valence-electron chi connectivity index (χ1n) is 5.12. The van der Waals surface area contributed by atoms with Gasteiger partial charge in [0.25, 0.3) is 0 Å². The van der Waals surface area contributed by atoms with Gasteiger partial charge in [-0.25, -0.2) is 9.37 Å². The van der Waals surface area contributed by atoms with Gasteiger partial charge in [-0.2, -0.15) is 5.26 Å². The lowest BCUT2D eigenvalue weighted by molar-refractivity contribution is 0.626. The zero-order valence-electron chi connectivity index (χ0n) is 9.23. The second kappa shape index (κ2) is 5.98. The molecule has 0 aliphatic rings. The van der Waals surface area contributed by atoms with Crippen LogP contribution in [0.2, 0.25) is 0 Å². The molecule has 0 aliphatic heterocycles. The molecule has 0 atom stereocenters. The summed E-state index contributed by atoms with van der Waals surface area (Å²) in [6, 6.07) is 10.0. The summed E-state index contributed by atoms with van der Waals surface area (Å²) in [6.45, 7) is 0. The molecular weight excluding hydrogens is 315 g/mol. The smallest absolute Gasteiger partial charge is 0.124 e. The molecule has 0 amide bonds. The number of hydrogen-bond acceptors (Lipinski definition) is 3. The lowest BCUT2D eigenvalue weighted by Gasteiger charge is -2.04. The van der Waals surface area contributed by atoms with Crippen LogP contribution in [0, 0.1) is 17.1 Å². The van der Waals surface area contributed by atoms with Crippen molar-refractivity contribution in [1.29, 1.82) is 5.26 Å². The van der Waals surface area contributed by atoms with E-state index >= 15 is 0 Å². The van der Waals surface area contributed by atoms with Crippen molar-refractivity contribution in [2.45, 2.75) is 10.8 Å². The Balaban J connectivity index is 2.14. The summed E-state index contributed by atoms with van der Waals surface area (Å²) in [5.74, 6) is 0.187. The third-order valence-corrected chi connectivity index (χ3v) is 4.17. The maximum Gasteiger partial charge on any atom is 0.124 e. The number of aromatic nitrogens is 1. The van der Waals surface area contributed by atoms with Gasteiger partial charge in [0.15, 0.2) is 0 Å². The molecule has 0 bridgehead atoms. The highest BCUT2D eigenvalue weighted by molar-refractivity contribution is 9.10. The van der Waals surface area contributed by atoms with Gasteiger partial charge < -0.3 is 0 Å². The minimum atomic E-state index is -0.385. The average molecular weight is 323 g/mol. The van der Waals surface area contributed by atoms with Crippen LogP contribution in [-0.2, 0) is 5.75 Å². The lowest BCUT2D eigenvalue weighted by atomic mass is 10.1. The summed E-state index contributed by atoms with van der Waals surface area (Å²) in [6.07, 6.45) is 1.71. The fraction of sp³-hybridized carbons (Fsp3) is 0.0769. The Kier molecular flexibility index (Phi) is 4.34. The number of nitrogens with zero attached hydrogens (tertiary/aromatic N) is 2. The summed E-state index contributed by atoms with van der Waals surface area (Å²) in [5.41, 5.74) is 1.11. The van der Waals surface area contributed by atoms with E-state index in [1.807, 2.05) is 18.2 Å². The molecule has 5 heteroatoms. The maximum atomic E-state index is 13.2. The molecule has 2 rings (SSSR count). The Labute approximate surface area is 117 Å². The van der Waals surface area contributed by atoms with Gasteiger partial charge in [0, 0.05) is 16.4 Å². The van der Waals surface area contributed by atoms with E-state index in [1.165, 1.54) is 23.9 Å². The lowest BCUT2D eigenvalue weighted by Crippen LogP contribution is -1.88. The second-order valence-electron chi connectivity index (χ2n) is 3.54. The number of thioether (sulfide) groups is 1. The molecule has 1 aromatic carbocycles. The van der Waals surface area contributed by atoms with Crippen LogP contribution < -0.4 is 0 Å². The predicted molar refractivity (Wildman–Crippen MR) is 72.6 cm³/mol. The zero-order valence-corrected chi connectivity index (χ0v) is 11.6. The Bertz CT molecular complexity index is 610. The van der Waals surface area contributed by atoms with Crippen LogP contribution in [0.25, 0.3) is 0 Å². The predicted octanol–water partition coefficient (Wildman–Crippen LogP) is 4.15. The van der Waals surface area contributed by atoms with Crippen molar-refractivity contribution >= 4 is 27.7 Å². The van der Waals surface area contributed by atoms with Gasteiger partial charge in [0.2, 0.25) is 0 Å². The molecule has 0 saturated carbocycles. The summed E-state index contributed by atoms with van der Waals surface area (Å²) < 4.78 is 14.1. The summed E-state index contributed by atoms with van der Waals surface area (Å²) in [5, 5.41) is 9.62. The number of pyridine rings is 1. The second-order valence-corrected chi connectivity index (χ2v) is 5.36. The van der Waals surface area contributed by atoms with Gasteiger partial charge in [-0.1, -0.05) is 0 Å². The van der Waals surface area contributed by atoms with Crippen LogP contribution >= 0.6 is 27.7 Å². The van der Waals surface area contributed by atoms with Crippen LogP contribution in [0.5, 0.6) is 0 Å². The SMILES string of the molecule is N#Cc1cc(F)cc(CSc2ncccc2Br)c1. The molecule has 0 aliphatic carbocycles. The number of hydrogen-bond donors (Lipinski definition) is 0. The highest BCUT2D eigenvalue weighted by Crippen LogP contribution is 2.28. The molecule has 1 heterocycles. The van der Waals surface area contributed by atoms with Crippen LogP contribution in [0.4, 0.5) is 4.39 Å². The summed E-state index contributed by atoms with van der Waals surface area (Å²) >= 11 is 4.90. The number of nitriles is 1. The zero-order chi connectivity index (χ0) is 13.0. The molecular formula is C13H8BrFN2S. The Morgan fingerprint density at radius 2 is 2.22 bits per heavy atom. The number of benzene rings is 1. The van der Waals surface area contributed by atoms with E-state index in [-0.39, 0.29) is 5.82 Å². The van der Waals surface area contributed by atoms with E-state index in [1.54, 1.807) is 12.3 Å². The fourth-order valence-corrected chi connectivity index (χ4v) is 2.84. The van der Waals surface area contributed by atoms with Crippen LogP contribution in [0.1, 0.15) is 11.1 Å². The Hall–Kier alpha value is -1.38. The van der Waals surface area contributed by atoms with Gasteiger partial charge in [-0.3, -0.25) is 0 Å². The minimum Gasteiger partial charge on any atom is -0.249 e. The Morgan fingerprint density at radius 1 is 1.39 bits per heavy atom. The Morgan fingerprint density at radius 3 is 2.94 bits per heavy atom. The molecule has 0 spiro atoms. The highest BCUT2D eigenvalue weighted by atomic mass is 79.9. The monoisotopic (exact) mass is 322 g/mol. The van der Waals surface area contributed by atoms with E-state index in [0.717, 1.165) is 15.1 Å². The van der Waals surface area contributed by atoms with Gasteiger partial charge in [-0.15, -0.1) is 11.8 Å². The molecule has 0 unspecified atom stereocenters. The van der Waals surface area contributed by atoms with E-state index in [4.69, 9.17) is 5.26 Å². The van der Waals surface area contributed by atoms with Crippen molar-refractivity contribution in [2.75, 3.05) is 0 Å². The highest BCUT2D eigenvalue weighted by Gasteiger charge is 2.04. The van der Waals surface area contributed by atoms with E-state index < -0.39 is 0 Å². The van der Waals surface area contributed by atoms with Gasteiger partial charge in [-0.05, 0) is 51.8 Å². The quantitative estimate of drug-likeness (QED) is 0.796. The van der Waals surface area contributed by atoms with Crippen molar-refractivity contribution in [2.24, 2.45) is 0 Å². The van der Waals surface area contributed by atoms with E-state index in [9.17, 15) is 4.39 Å². The first kappa shape index (κ1) is 13.1. The molecule has 18 heavy (non-hydrogen) atoms. The van der Waals surface area contributed by atoms with Crippen molar-refractivity contribution in [3.05, 3.63) is 57.9 Å². The maximum absolute atomic E-state index is 13.2. The van der Waals surface area contributed by atoms with E-state index in [2.05, 4.69) is 20.9 Å². The van der Waals surface area contributed by atoms with Crippen LogP contribution in [0.3, 0.4) is 0 Å². The van der Waals surface area contributed by atoms with Crippen molar-refractivity contribution in [1.82, 2.24) is 4.98 Å². The molecule has 2 aromatic rings. The summed E-state index contributed by atoms with van der Waals surface area (Å²) in [4.78, 5) is 4.22. The molecule has 0 saturated heterocycles. The van der Waals surface area contributed by atoms with Crippen LogP contribution in [0.15, 0.2) is 46.0 Å². The van der Waals surface area contributed by atoms with Gasteiger partial charge >= 0.3 is 0 Å². The first-order chi connectivity index (χ1) is 8.69. The van der Waals surface area contributed by atoms with Gasteiger partial charge in [0.05, 0.1) is 11.6 Å². The minimum absolute atomic E-state index is 0.339.